The highest BCUT2D eigenvalue weighted by atomic mass is 35.5. The van der Waals surface area contributed by atoms with Crippen LogP contribution in [-0.4, -0.2) is 63.6 Å². The summed E-state index contributed by atoms with van der Waals surface area (Å²) in [5.41, 5.74) is 0. The van der Waals surface area contributed by atoms with Gasteiger partial charge in [-0.3, -0.25) is 0 Å². The van der Waals surface area contributed by atoms with Crippen molar-refractivity contribution in [3.8, 4) is 0 Å². The lowest BCUT2D eigenvalue weighted by Crippen LogP contribution is -2.35. The Balaban J connectivity index is 2.21. The van der Waals surface area contributed by atoms with Gasteiger partial charge in [-0.15, -0.1) is 11.6 Å². The van der Waals surface area contributed by atoms with Gasteiger partial charge in [-0.1, -0.05) is 0 Å². The number of ether oxygens (including phenoxy) is 1. The first-order valence-corrected chi connectivity index (χ1v) is 7.45. The lowest BCUT2D eigenvalue weighted by molar-refractivity contribution is 0.112. The van der Waals surface area contributed by atoms with Crippen molar-refractivity contribution in [3.05, 3.63) is 0 Å². The number of alkyl halides is 1. The number of halogens is 1. The molecule has 0 amide bonds. The van der Waals surface area contributed by atoms with Gasteiger partial charge in [0.2, 0.25) is 0 Å². The summed E-state index contributed by atoms with van der Waals surface area (Å²) >= 11 is 5.46. The third-order valence-corrected chi connectivity index (χ3v) is 4.55. The maximum absolute atomic E-state index is 11.2. The molecule has 0 aromatic rings. The summed E-state index contributed by atoms with van der Waals surface area (Å²) in [5, 5.41) is 0. The average Bonchev–Trinajstić information content (AvgIpc) is 2.53. The van der Waals surface area contributed by atoms with Gasteiger partial charge >= 0.3 is 0 Å². The molecule has 1 saturated heterocycles. The van der Waals surface area contributed by atoms with Crippen LogP contribution in [0.15, 0.2) is 0 Å². The third kappa shape index (κ3) is 4.68. The van der Waals surface area contributed by atoms with Crippen LogP contribution in [0.4, 0.5) is 0 Å². The molecule has 1 atom stereocenters. The van der Waals surface area contributed by atoms with Gasteiger partial charge in [-0.05, 0) is 13.5 Å². The minimum absolute atomic E-state index is 0.162. The highest BCUT2D eigenvalue weighted by Gasteiger charge is 2.30. The summed E-state index contributed by atoms with van der Waals surface area (Å²) in [5.74, 6) is 1.12. The summed E-state index contributed by atoms with van der Waals surface area (Å²) in [6.45, 7) is 1.93. The molecule has 4 nitrogen and oxygen atoms in total. The van der Waals surface area contributed by atoms with Crippen molar-refractivity contribution in [3.63, 3.8) is 0 Å². The summed E-state index contributed by atoms with van der Waals surface area (Å²) in [6.07, 6.45) is 0.744. The maximum atomic E-state index is 11.2. The van der Waals surface area contributed by atoms with E-state index in [9.17, 15) is 8.42 Å². The predicted molar refractivity (Wildman–Crippen MR) is 61.2 cm³/mol. The number of likely N-dealkylation sites (N-methyl/N-ethyl adjacent to an activating group) is 1. The molecule has 0 radical (unpaired) electrons. The van der Waals surface area contributed by atoms with Crippen molar-refractivity contribution in [1.29, 1.82) is 0 Å². The standard InChI is InChI=1S/C9H18ClNO3S/c1-11(4-6-14-5-3-10)9-2-7-15(12,13)8-9/h9H,2-8H2,1H3. The Kier molecular flexibility index (Phi) is 5.32. The minimum atomic E-state index is -2.78. The van der Waals surface area contributed by atoms with E-state index in [1.807, 2.05) is 7.05 Å². The fraction of sp³-hybridized carbons (Fsp3) is 1.00. The van der Waals surface area contributed by atoms with Crippen LogP contribution in [0.1, 0.15) is 6.42 Å². The Morgan fingerprint density at radius 1 is 1.47 bits per heavy atom. The molecule has 1 heterocycles. The van der Waals surface area contributed by atoms with Crippen LogP contribution in [-0.2, 0) is 14.6 Å². The first kappa shape index (κ1) is 13.2. The first-order valence-electron chi connectivity index (χ1n) is 5.09. The Labute approximate surface area is 96.5 Å². The number of rotatable bonds is 6. The number of hydrogen-bond acceptors (Lipinski definition) is 4. The van der Waals surface area contributed by atoms with Crippen LogP contribution < -0.4 is 0 Å². The van der Waals surface area contributed by atoms with Crippen LogP contribution >= 0.6 is 11.6 Å². The highest BCUT2D eigenvalue weighted by molar-refractivity contribution is 7.91. The van der Waals surface area contributed by atoms with Crippen LogP contribution in [0.2, 0.25) is 0 Å². The molecule has 0 N–H and O–H groups in total. The lowest BCUT2D eigenvalue weighted by Gasteiger charge is -2.22. The van der Waals surface area contributed by atoms with Crippen molar-refractivity contribution in [2.75, 3.05) is 44.2 Å². The van der Waals surface area contributed by atoms with Crippen molar-refractivity contribution in [2.24, 2.45) is 0 Å². The van der Waals surface area contributed by atoms with Gasteiger partial charge in [0.05, 0.1) is 24.7 Å². The zero-order chi connectivity index (χ0) is 11.3. The van der Waals surface area contributed by atoms with E-state index in [0.717, 1.165) is 13.0 Å². The van der Waals surface area contributed by atoms with Crippen LogP contribution in [0.5, 0.6) is 0 Å². The third-order valence-electron chi connectivity index (χ3n) is 2.64. The largest absolute Gasteiger partial charge is 0.379 e. The Morgan fingerprint density at radius 2 is 2.20 bits per heavy atom. The van der Waals surface area contributed by atoms with Gasteiger partial charge in [0.1, 0.15) is 0 Å². The molecule has 1 fully saturated rings. The summed E-state index contributed by atoms with van der Waals surface area (Å²) in [4.78, 5) is 2.05. The number of nitrogens with zero attached hydrogens (tertiary/aromatic N) is 1. The molecule has 1 unspecified atom stereocenters. The molecule has 15 heavy (non-hydrogen) atoms. The second-order valence-electron chi connectivity index (χ2n) is 3.84. The second-order valence-corrected chi connectivity index (χ2v) is 6.45. The predicted octanol–water partition coefficient (Wildman–Crippen LogP) is 0.361. The Bertz CT molecular complexity index is 281. The van der Waals surface area contributed by atoms with E-state index < -0.39 is 9.84 Å². The number of sulfone groups is 1. The first-order chi connectivity index (χ1) is 7.05. The minimum Gasteiger partial charge on any atom is -0.379 e. The zero-order valence-electron chi connectivity index (χ0n) is 8.99. The monoisotopic (exact) mass is 255 g/mol. The average molecular weight is 256 g/mol. The zero-order valence-corrected chi connectivity index (χ0v) is 10.6. The second kappa shape index (κ2) is 6.03. The summed E-state index contributed by atoms with van der Waals surface area (Å²) in [6, 6.07) is 0.162. The maximum Gasteiger partial charge on any atom is 0.151 e. The van der Waals surface area contributed by atoms with E-state index in [4.69, 9.17) is 16.3 Å². The van der Waals surface area contributed by atoms with E-state index in [0.29, 0.717) is 30.6 Å². The van der Waals surface area contributed by atoms with E-state index in [1.165, 1.54) is 0 Å². The van der Waals surface area contributed by atoms with Gasteiger partial charge < -0.3 is 9.64 Å². The van der Waals surface area contributed by atoms with Crippen molar-refractivity contribution >= 4 is 21.4 Å². The molecular formula is C9H18ClNO3S. The molecule has 90 valence electrons. The fourth-order valence-electron chi connectivity index (χ4n) is 1.67. The smallest absolute Gasteiger partial charge is 0.151 e. The summed E-state index contributed by atoms with van der Waals surface area (Å²) < 4.78 is 27.7. The fourth-order valence-corrected chi connectivity index (χ4v) is 3.59. The normalized spacial score (nSPS) is 24.9. The molecule has 0 aromatic carbocycles. The molecule has 1 aliphatic heterocycles. The van der Waals surface area contributed by atoms with Gasteiger partial charge in [0, 0.05) is 18.5 Å². The van der Waals surface area contributed by atoms with E-state index in [1.54, 1.807) is 0 Å². The molecule has 0 saturated carbocycles. The Morgan fingerprint density at radius 3 is 2.73 bits per heavy atom. The molecule has 0 aliphatic carbocycles. The molecule has 6 heteroatoms. The van der Waals surface area contributed by atoms with Gasteiger partial charge in [0.15, 0.2) is 9.84 Å². The molecule has 0 aromatic heterocycles. The Hall–Kier alpha value is 0.160. The van der Waals surface area contributed by atoms with Gasteiger partial charge in [0.25, 0.3) is 0 Å². The number of hydrogen-bond donors (Lipinski definition) is 0. The lowest BCUT2D eigenvalue weighted by atomic mass is 10.2. The quantitative estimate of drug-likeness (QED) is 0.508. The van der Waals surface area contributed by atoms with E-state index >= 15 is 0 Å². The SMILES string of the molecule is CN(CCOCCCl)C1CCS(=O)(=O)C1. The highest BCUT2D eigenvalue weighted by Crippen LogP contribution is 2.15. The molecule has 1 aliphatic rings. The molecule has 1 rings (SSSR count). The molecule has 0 spiro atoms. The topological polar surface area (TPSA) is 46.6 Å². The molecular weight excluding hydrogens is 238 g/mol. The van der Waals surface area contributed by atoms with Gasteiger partial charge in [-0.2, -0.15) is 0 Å². The van der Waals surface area contributed by atoms with Crippen LogP contribution in [0, 0.1) is 0 Å². The molecule has 0 bridgehead atoms. The van der Waals surface area contributed by atoms with E-state index in [2.05, 4.69) is 4.90 Å². The van der Waals surface area contributed by atoms with Crippen LogP contribution in [0.3, 0.4) is 0 Å². The van der Waals surface area contributed by atoms with E-state index in [-0.39, 0.29) is 6.04 Å². The summed E-state index contributed by atoms with van der Waals surface area (Å²) in [7, 11) is -0.839. The van der Waals surface area contributed by atoms with Crippen molar-refractivity contribution in [1.82, 2.24) is 4.90 Å². The van der Waals surface area contributed by atoms with Crippen LogP contribution in [0.25, 0.3) is 0 Å². The van der Waals surface area contributed by atoms with Crippen molar-refractivity contribution < 1.29 is 13.2 Å². The van der Waals surface area contributed by atoms with Crippen molar-refractivity contribution in [2.45, 2.75) is 12.5 Å². The van der Waals surface area contributed by atoms with Gasteiger partial charge in [-0.25, -0.2) is 8.42 Å².